The van der Waals surface area contributed by atoms with Crippen molar-refractivity contribution in [1.29, 1.82) is 0 Å². The number of nitrogens with zero attached hydrogens (tertiary/aromatic N) is 4. The molecule has 2 heterocycles. The minimum absolute atomic E-state index is 0. The SMILES string of the molecule is COc1ccccc1N1CCN(CCCNc2nc(C)cc(C)c2C(=O)N(C)C)CC1.Cl. The first-order valence-corrected chi connectivity index (χ1v) is 10.9. The highest BCUT2D eigenvalue weighted by atomic mass is 35.5. The Hall–Kier alpha value is -2.51. The van der Waals surface area contributed by atoms with Crippen LogP contribution in [-0.2, 0) is 0 Å². The summed E-state index contributed by atoms with van der Waals surface area (Å²) < 4.78 is 5.51. The third-order valence-electron chi connectivity index (χ3n) is 5.71. The van der Waals surface area contributed by atoms with Gasteiger partial charge in [-0.25, -0.2) is 4.98 Å². The molecule has 1 aliphatic rings. The number of benzene rings is 1. The minimum Gasteiger partial charge on any atom is -0.495 e. The van der Waals surface area contributed by atoms with Gasteiger partial charge in [-0.1, -0.05) is 12.1 Å². The zero-order valence-corrected chi connectivity index (χ0v) is 20.7. The Bertz CT molecular complexity index is 898. The van der Waals surface area contributed by atoms with E-state index in [0.29, 0.717) is 11.4 Å². The number of amides is 1. The van der Waals surface area contributed by atoms with E-state index in [1.165, 1.54) is 5.69 Å². The van der Waals surface area contributed by atoms with E-state index in [1.54, 1.807) is 26.1 Å². The number of anilines is 2. The van der Waals surface area contributed by atoms with Crippen molar-refractivity contribution in [3.05, 3.63) is 47.2 Å². The average Bonchev–Trinajstić information content (AvgIpc) is 2.76. The Morgan fingerprint density at radius 3 is 2.50 bits per heavy atom. The first-order chi connectivity index (χ1) is 14.9. The predicted molar refractivity (Wildman–Crippen MR) is 134 cm³/mol. The number of aromatic nitrogens is 1. The van der Waals surface area contributed by atoms with Crippen LogP contribution >= 0.6 is 12.4 Å². The minimum atomic E-state index is -0.0139. The van der Waals surface area contributed by atoms with Crippen LogP contribution in [0.2, 0.25) is 0 Å². The molecule has 0 bridgehead atoms. The van der Waals surface area contributed by atoms with E-state index in [-0.39, 0.29) is 18.3 Å². The van der Waals surface area contributed by atoms with Gasteiger partial charge in [-0.05, 0) is 50.6 Å². The van der Waals surface area contributed by atoms with Crippen molar-refractivity contribution >= 4 is 29.8 Å². The molecular formula is C24H36ClN5O2. The van der Waals surface area contributed by atoms with Gasteiger partial charge in [-0.2, -0.15) is 0 Å². The number of hydrogen-bond acceptors (Lipinski definition) is 6. The number of methoxy groups -OCH3 is 1. The van der Waals surface area contributed by atoms with Crippen molar-refractivity contribution in [2.75, 3.05) is 70.7 Å². The number of pyridine rings is 1. The molecule has 1 aliphatic heterocycles. The fourth-order valence-corrected chi connectivity index (χ4v) is 4.07. The highest BCUT2D eigenvalue weighted by Crippen LogP contribution is 2.28. The van der Waals surface area contributed by atoms with Crippen LogP contribution in [0.4, 0.5) is 11.5 Å². The van der Waals surface area contributed by atoms with Crippen molar-refractivity contribution in [2.24, 2.45) is 0 Å². The smallest absolute Gasteiger partial charge is 0.257 e. The summed E-state index contributed by atoms with van der Waals surface area (Å²) in [4.78, 5) is 23.7. The van der Waals surface area contributed by atoms with Gasteiger partial charge in [0, 0.05) is 52.5 Å². The molecule has 1 aromatic heterocycles. The van der Waals surface area contributed by atoms with Gasteiger partial charge in [0.05, 0.1) is 18.4 Å². The van der Waals surface area contributed by atoms with Crippen molar-refractivity contribution in [2.45, 2.75) is 20.3 Å². The van der Waals surface area contributed by atoms with E-state index in [2.05, 4.69) is 32.2 Å². The third-order valence-corrected chi connectivity index (χ3v) is 5.71. The Labute approximate surface area is 198 Å². The predicted octanol–water partition coefficient (Wildman–Crippen LogP) is 3.45. The average molecular weight is 462 g/mol. The van der Waals surface area contributed by atoms with E-state index in [0.717, 1.165) is 62.7 Å². The maximum Gasteiger partial charge on any atom is 0.257 e. The van der Waals surface area contributed by atoms with Crippen LogP contribution in [0, 0.1) is 13.8 Å². The molecule has 0 atom stereocenters. The molecule has 32 heavy (non-hydrogen) atoms. The fourth-order valence-electron chi connectivity index (χ4n) is 4.07. The maximum atomic E-state index is 12.6. The highest BCUT2D eigenvalue weighted by Gasteiger charge is 2.20. The summed E-state index contributed by atoms with van der Waals surface area (Å²) in [7, 11) is 5.27. The van der Waals surface area contributed by atoms with Crippen molar-refractivity contribution in [3.8, 4) is 5.75 Å². The summed E-state index contributed by atoms with van der Waals surface area (Å²) in [5.41, 5.74) is 3.72. The molecule has 1 amide bonds. The van der Waals surface area contributed by atoms with Gasteiger partial charge < -0.3 is 19.9 Å². The number of carbonyl (C=O) groups is 1. The largest absolute Gasteiger partial charge is 0.495 e. The summed E-state index contributed by atoms with van der Waals surface area (Å²) in [6.45, 7) is 9.79. The van der Waals surface area contributed by atoms with Crippen LogP contribution in [0.15, 0.2) is 30.3 Å². The van der Waals surface area contributed by atoms with Crippen LogP contribution in [0.3, 0.4) is 0 Å². The van der Waals surface area contributed by atoms with E-state index in [9.17, 15) is 4.79 Å². The van der Waals surface area contributed by atoms with Gasteiger partial charge in [0.15, 0.2) is 0 Å². The fraction of sp³-hybridized carbons (Fsp3) is 0.500. The third kappa shape index (κ3) is 6.26. The van der Waals surface area contributed by atoms with Gasteiger partial charge in [-0.3, -0.25) is 9.69 Å². The van der Waals surface area contributed by atoms with E-state index in [1.807, 2.05) is 32.0 Å². The molecule has 2 aromatic rings. The van der Waals surface area contributed by atoms with E-state index < -0.39 is 0 Å². The number of rotatable bonds is 8. The zero-order valence-electron chi connectivity index (χ0n) is 19.9. The summed E-state index contributed by atoms with van der Waals surface area (Å²) in [5.74, 6) is 1.61. The molecule has 0 spiro atoms. The number of piperazine rings is 1. The van der Waals surface area contributed by atoms with Crippen LogP contribution in [0.25, 0.3) is 0 Å². The first kappa shape index (κ1) is 25.7. The second-order valence-corrected chi connectivity index (χ2v) is 8.28. The summed E-state index contributed by atoms with van der Waals surface area (Å²) >= 11 is 0. The molecular weight excluding hydrogens is 426 g/mol. The summed E-state index contributed by atoms with van der Waals surface area (Å²) in [6.07, 6.45) is 0.999. The number of carbonyl (C=O) groups excluding carboxylic acids is 1. The molecule has 1 fully saturated rings. The molecule has 0 aliphatic carbocycles. The number of halogens is 1. The first-order valence-electron chi connectivity index (χ1n) is 10.9. The molecule has 0 radical (unpaired) electrons. The number of nitrogens with one attached hydrogen (secondary N) is 1. The molecule has 3 rings (SSSR count). The summed E-state index contributed by atoms with van der Waals surface area (Å²) in [5, 5.41) is 3.41. The van der Waals surface area contributed by atoms with Crippen LogP contribution in [0.5, 0.6) is 5.75 Å². The Balaban J connectivity index is 0.00000363. The molecule has 1 N–H and O–H groups in total. The topological polar surface area (TPSA) is 60.9 Å². The zero-order chi connectivity index (χ0) is 22.4. The lowest BCUT2D eigenvalue weighted by atomic mass is 10.1. The molecule has 0 saturated carbocycles. The lowest BCUT2D eigenvalue weighted by molar-refractivity contribution is 0.0827. The molecule has 1 aromatic carbocycles. The molecule has 0 unspecified atom stereocenters. The number of hydrogen-bond donors (Lipinski definition) is 1. The van der Waals surface area contributed by atoms with Gasteiger partial charge >= 0.3 is 0 Å². The Kier molecular flexibility index (Phi) is 9.60. The monoisotopic (exact) mass is 461 g/mol. The second kappa shape index (κ2) is 11.9. The van der Waals surface area contributed by atoms with Gasteiger partial charge in [0.25, 0.3) is 5.91 Å². The Morgan fingerprint density at radius 2 is 1.84 bits per heavy atom. The van der Waals surface area contributed by atoms with Crippen LogP contribution in [0.1, 0.15) is 28.0 Å². The maximum absolute atomic E-state index is 12.6. The van der Waals surface area contributed by atoms with Gasteiger partial charge in [-0.15, -0.1) is 12.4 Å². The summed E-state index contributed by atoms with van der Waals surface area (Å²) in [6, 6.07) is 10.2. The molecule has 7 nitrogen and oxygen atoms in total. The van der Waals surface area contributed by atoms with Gasteiger partial charge in [0.1, 0.15) is 11.6 Å². The van der Waals surface area contributed by atoms with Crippen molar-refractivity contribution in [1.82, 2.24) is 14.8 Å². The molecule has 8 heteroatoms. The van der Waals surface area contributed by atoms with Gasteiger partial charge in [0.2, 0.25) is 0 Å². The van der Waals surface area contributed by atoms with Crippen LogP contribution in [-0.4, -0.2) is 81.2 Å². The van der Waals surface area contributed by atoms with E-state index in [4.69, 9.17) is 4.74 Å². The van der Waals surface area contributed by atoms with Crippen molar-refractivity contribution < 1.29 is 9.53 Å². The Morgan fingerprint density at radius 1 is 1.16 bits per heavy atom. The quantitative estimate of drug-likeness (QED) is 0.607. The highest BCUT2D eigenvalue weighted by molar-refractivity contribution is 6.00. The molecule has 176 valence electrons. The second-order valence-electron chi connectivity index (χ2n) is 8.28. The standard InChI is InChI=1S/C24H35N5O2.ClH/c1-18-17-19(2)26-23(22(18)24(30)27(3)4)25-11-8-12-28-13-15-29(16-14-28)20-9-6-7-10-21(20)31-5;/h6-7,9-10,17H,8,11-16H2,1-5H3,(H,25,26);1H. The number of ether oxygens (including phenoxy) is 1. The van der Waals surface area contributed by atoms with Crippen LogP contribution < -0.4 is 15.0 Å². The van der Waals surface area contributed by atoms with E-state index >= 15 is 0 Å². The lowest BCUT2D eigenvalue weighted by Crippen LogP contribution is -2.47. The number of para-hydroxylation sites is 2. The number of aryl methyl sites for hydroxylation is 2. The normalized spacial score (nSPS) is 14.0. The lowest BCUT2D eigenvalue weighted by Gasteiger charge is -2.36. The molecule has 1 saturated heterocycles. The van der Waals surface area contributed by atoms with Crippen molar-refractivity contribution in [3.63, 3.8) is 0 Å².